The Bertz CT molecular complexity index is 1040. The molecule has 3 aromatic rings. The second-order valence-corrected chi connectivity index (χ2v) is 8.86. The van der Waals surface area contributed by atoms with Gasteiger partial charge in [0.15, 0.2) is 5.65 Å². The molecule has 0 aliphatic heterocycles. The Kier molecular flexibility index (Phi) is 7.37. The molecule has 0 bridgehead atoms. The second-order valence-electron chi connectivity index (χ2n) is 8.86. The lowest BCUT2D eigenvalue weighted by Gasteiger charge is -2.25. The van der Waals surface area contributed by atoms with Crippen molar-refractivity contribution >= 4 is 16.9 Å². The fourth-order valence-corrected chi connectivity index (χ4v) is 4.66. The van der Waals surface area contributed by atoms with Crippen molar-refractivity contribution < 1.29 is 5.11 Å². The standard InChI is InChI=1S/C26H38N4O/c1-8-9-12-29(13-10-11-14-31)25-23-20(5)21(6)30(26(23)28-22(7)27-25)24-18(3)15-17(2)16-19(24)4/h15-16,31H,8-14H2,1-7H3. The van der Waals surface area contributed by atoms with E-state index in [0.717, 1.165) is 61.4 Å². The van der Waals surface area contributed by atoms with Crippen LogP contribution in [0.25, 0.3) is 16.7 Å². The monoisotopic (exact) mass is 422 g/mol. The maximum Gasteiger partial charge on any atom is 0.150 e. The molecule has 5 heteroatoms. The lowest BCUT2D eigenvalue weighted by atomic mass is 10.0. The lowest BCUT2D eigenvalue weighted by molar-refractivity contribution is 0.285. The number of unbranched alkanes of at least 4 members (excludes halogenated alkanes) is 2. The number of anilines is 1. The van der Waals surface area contributed by atoms with Crippen LogP contribution in [0.3, 0.4) is 0 Å². The van der Waals surface area contributed by atoms with Crippen LogP contribution in [0, 0.1) is 41.5 Å². The van der Waals surface area contributed by atoms with Crippen LogP contribution in [0.15, 0.2) is 12.1 Å². The predicted octanol–water partition coefficient (Wildman–Crippen LogP) is 5.65. The summed E-state index contributed by atoms with van der Waals surface area (Å²) in [5.41, 5.74) is 8.50. The van der Waals surface area contributed by atoms with Crippen LogP contribution in [0.5, 0.6) is 0 Å². The molecule has 1 aromatic carbocycles. The molecule has 3 rings (SSSR count). The molecule has 0 aliphatic carbocycles. The third kappa shape index (κ3) is 4.62. The predicted molar refractivity (Wildman–Crippen MR) is 131 cm³/mol. The Morgan fingerprint density at radius 1 is 0.903 bits per heavy atom. The summed E-state index contributed by atoms with van der Waals surface area (Å²) in [6.45, 7) is 17.2. The van der Waals surface area contributed by atoms with Gasteiger partial charge in [-0.1, -0.05) is 31.0 Å². The largest absolute Gasteiger partial charge is 0.396 e. The van der Waals surface area contributed by atoms with Gasteiger partial charge in [0.25, 0.3) is 0 Å². The zero-order chi connectivity index (χ0) is 22.7. The molecule has 0 saturated carbocycles. The quantitative estimate of drug-likeness (QED) is 0.453. The first-order valence-electron chi connectivity index (χ1n) is 11.6. The summed E-state index contributed by atoms with van der Waals surface area (Å²) in [5.74, 6) is 1.84. The Morgan fingerprint density at radius 2 is 1.55 bits per heavy atom. The van der Waals surface area contributed by atoms with E-state index in [2.05, 4.69) is 63.1 Å². The molecule has 0 radical (unpaired) electrons. The van der Waals surface area contributed by atoms with E-state index in [0.29, 0.717) is 0 Å². The minimum Gasteiger partial charge on any atom is -0.396 e. The third-order valence-corrected chi connectivity index (χ3v) is 6.22. The molecule has 0 fully saturated rings. The minimum absolute atomic E-state index is 0.236. The number of hydrogen-bond donors (Lipinski definition) is 1. The smallest absolute Gasteiger partial charge is 0.150 e. The first-order chi connectivity index (χ1) is 14.8. The summed E-state index contributed by atoms with van der Waals surface area (Å²) in [5, 5.41) is 10.4. The van der Waals surface area contributed by atoms with E-state index in [1.54, 1.807) is 0 Å². The second kappa shape index (κ2) is 9.82. The van der Waals surface area contributed by atoms with Gasteiger partial charge in [0.2, 0.25) is 0 Å². The Morgan fingerprint density at radius 3 is 2.16 bits per heavy atom. The van der Waals surface area contributed by atoms with Crippen LogP contribution in [0.2, 0.25) is 0 Å². The average Bonchev–Trinajstić information content (AvgIpc) is 2.94. The normalized spacial score (nSPS) is 11.5. The zero-order valence-electron chi connectivity index (χ0n) is 20.3. The number of aliphatic hydroxyl groups excluding tert-OH is 1. The molecular weight excluding hydrogens is 384 g/mol. The number of aliphatic hydroxyl groups is 1. The van der Waals surface area contributed by atoms with Crippen molar-refractivity contribution in [2.45, 2.75) is 74.1 Å². The zero-order valence-corrected chi connectivity index (χ0v) is 20.3. The highest BCUT2D eigenvalue weighted by molar-refractivity contribution is 5.94. The van der Waals surface area contributed by atoms with Crippen LogP contribution in [-0.4, -0.2) is 39.3 Å². The molecule has 2 aromatic heterocycles. The Hall–Kier alpha value is -2.40. The van der Waals surface area contributed by atoms with Gasteiger partial charge in [0.1, 0.15) is 11.6 Å². The van der Waals surface area contributed by atoms with Crippen molar-refractivity contribution in [2.24, 2.45) is 0 Å². The van der Waals surface area contributed by atoms with E-state index >= 15 is 0 Å². The molecule has 5 nitrogen and oxygen atoms in total. The molecule has 31 heavy (non-hydrogen) atoms. The van der Waals surface area contributed by atoms with Crippen molar-refractivity contribution in [3.05, 3.63) is 45.9 Å². The van der Waals surface area contributed by atoms with Crippen molar-refractivity contribution in [1.29, 1.82) is 0 Å². The first-order valence-corrected chi connectivity index (χ1v) is 11.6. The maximum absolute atomic E-state index is 9.28. The van der Waals surface area contributed by atoms with Crippen LogP contribution < -0.4 is 4.90 Å². The van der Waals surface area contributed by atoms with Crippen LogP contribution in [-0.2, 0) is 0 Å². The van der Waals surface area contributed by atoms with Gasteiger partial charge >= 0.3 is 0 Å². The van der Waals surface area contributed by atoms with Gasteiger partial charge < -0.3 is 10.0 Å². The fourth-order valence-electron chi connectivity index (χ4n) is 4.66. The molecule has 0 saturated heterocycles. The van der Waals surface area contributed by atoms with Gasteiger partial charge in [-0.05, 0) is 77.5 Å². The highest BCUT2D eigenvalue weighted by atomic mass is 16.2. The fraction of sp³-hybridized carbons (Fsp3) is 0.538. The molecule has 168 valence electrons. The van der Waals surface area contributed by atoms with E-state index < -0.39 is 0 Å². The van der Waals surface area contributed by atoms with Gasteiger partial charge in [-0.3, -0.25) is 4.57 Å². The lowest BCUT2D eigenvalue weighted by Crippen LogP contribution is -2.27. The van der Waals surface area contributed by atoms with Crippen molar-refractivity contribution in [3.63, 3.8) is 0 Å². The average molecular weight is 423 g/mol. The number of hydrogen-bond acceptors (Lipinski definition) is 4. The Labute approximate surface area is 187 Å². The molecule has 0 spiro atoms. The number of nitrogens with zero attached hydrogens (tertiary/aromatic N) is 4. The number of benzene rings is 1. The van der Waals surface area contributed by atoms with Crippen LogP contribution >= 0.6 is 0 Å². The van der Waals surface area contributed by atoms with E-state index in [1.165, 1.54) is 33.6 Å². The van der Waals surface area contributed by atoms with Gasteiger partial charge in [-0.2, -0.15) is 0 Å². The van der Waals surface area contributed by atoms with Crippen molar-refractivity contribution in [1.82, 2.24) is 14.5 Å². The first kappa shape index (κ1) is 23.3. The highest BCUT2D eigenvalue weighted by Gasteiger charge is 2.23. The summed E-state index contributed by atoms with van der Waals surface area (Å²) in [6.07, 6.45) is 4.04. The van der Waals surface area contributed by atoms with E-state index in [4.69, 9.17) is 9.97 Å². The topological polar surface area (TPSA) is 54.2 Å². The molecule has 0 aliphatic rings. The molecule has 0 atom stereocenters. The molecule has 1 N–H and O–H groups in total. The highest BCUT2D eigenvalue weighted by Crippen LogP contribution is 2.36. The molecular formula is C26H38N4O. The van der Waals surface area contributed by atoms with E-state index in [9.17, 15) is 5.11 Å². The molecule has 0 amide bonds. The number of aryl methyl sites for hydroxylation is 5. The Balaban J connectivity index is 2.26. The van der Waals surface area contributed by atoms with Gasteiger partial charge in [-0.15, -0.1) is 0 Å². The summed E-state index contributed by atoms with van der Waals surface area (Å²) in [4.78, 5) is 12.3. The van der Waals surface area contributed by atoms with Gasteiger partial charge in [0.05, 0.1) is 11.1 Å². The summed E-state index contributed by atoms with van der Waals surface area (Å²) >= 11 is 0. The van der Waals surface area contributed by atoms with Gasteiger partial charge in [0, 0.05) is 25.4 Å². The molecule has 2 heterocycles. The third-order valence-electron chi connectivity index (χ3n) is 6.22. The number of aromatic nitrogens is 3. The van der Waals surface area contributed by atoms with Crippen LogP contribution in [0.1, 0.15) is 66.4 Å². The maximum atomic E-state index is 9.28. The van der Waals surface area contributed by atoms with Gasteiger partial charge in [-0.25, -0.2) is 9.97 Å². The SMILES string of the molecule is CCCCN(CCCCO)c1nc(C)nc2c1c(C)c(C)n2-c1c(C)cc(C)cc1C. The summed E-state index contributed by atoms with van der Waals surface area (Å²) in [7, 11) is 0. The minimum atomic E-state index is 0.236. The van der Waals surface area contributed by atoms with E-state index in [1.807, 2.05) is 6.92 Å². The van der Waals surface area contributed by atoms with Crippen molar-refractivity contribution in [2.75, 3.05) is 24.6 Å². The number of fused-ring (bicyclic) bond motifs is 1. The molecule has 0 unspecified atom stereocenters. The summed E-state index contributed by atoms with van der Waals surface area (Å²) < 4.78 is 2.33. The van der Waals surface area contributed by atoms with Crippen LogP contribution in [0.4, 0.5) is 5.82 Å². The number of rotatable bonds is 9. The van der Waals surface area contributed by atoms with E-state index in [-0.39, 0.29) is 6.61 Å². The summed E-state index contributed by atoms with van der Waals surface area (Å²) in [6, 6.07) is 4.50. The van der Waals surface area contributed by atoms with Crippen molar-refractivity contribution in [3.8, 4) is 5.69 Å².